The van der Waals surface area contributed by atoms with Crippen LogP contribution in [0.25, 0.3) is 0 Å². The molecule has 0 aliphatic rings. The fourth-order valence-electron chi connectivity index (χ4n) is 1.51. The van der Waals surface area contributed by atoms with Crippen LogP contribution in [0.4, 0.5) is 0 Å². The first-order chi connectivity index (χ1) is 7.69. The van der Waals surface area contributed by atoms with Gasteiger partial charge >= 0.3 is 104 Å². The Hall–Kier alpha value is -0.341. The third kappa shape index (κ3) is 3.91. The van der Waals surface area contributed by atoms with E-state index in [0.717, 1.165) is 6.42 Å². The molecule has 1 N–H and O–H groups in total. The first-order valence-corrected chi connectivity index (χ1v) is 7.46. The van der Waals surface area contributed by atoms with Crippen LogP contribution < -0.4 is 4.46 Å². The summed E-state index contributed by atoms with van der Waals surface area (Å²) in [5.74, 6) is 0. The van der Waals surface area contributed by atoms with E-state index in [0.29, 0.717) is 0 Å². The normalized spacial score (nSPS) is 16.8. The molecule has 0 heterocycles. The standard InChI is InChI=1S/C13H20O2Se/c1-4-12(14)13(10(2)15-3)16-11-8-6-5-7-9-11/h5-10,12-14H,4H2,1-3H3/t10-,12+,13-/m0/s1. The molecule has 90 valence electrons. The molecule has 0 bridgehead atoms. The minimum absolute atomic E-state index is 0.107. The van der Waals surface area contributed by atoms with Crippen molar-refractivity contribution >= 4 is 19.4 Å². The molecule has 0 unspecified atom stereocenters. The van der Waals surface area contributed by atoms with E-state index in [1.165, 1.54) is 4.46 Å². The Morgan fingerprint density at radius 3 is 2.44 bits per heavy atom. The van der Waals surface area contributed by atoms with Crippen molar-refractivity contribution in [3.63, 3.8) is 0 Å². The molecular formula is C13H20O2Se. The van der Waals surface area contributed by atoms with Crippen molar-refractivity contribution in [2.24, 2.45) is 0 Å². The first kappa shape index (κ1) is 13.7. The summed E-state index contributed by atoms with van der Waals surface area (Å²) in [5, 5.41) is 10.0. The average Bonchev–Trinajstić information content (AvgIpc) is 2.35. The van der Waals surface area contributed by atoms with Crippen molar-refractivity contribution in [1.82, 2.24) is 0 Å². The van der Waals surface area contributed by atoms with Crippen molar-refractivity contribution in [2.75, 3.05) is 7.11 Å². The van der Waals surface area contributed by atoms with Gasteiger partial charge in [-0.3, -0.25) is 0 Å². The van der Waals surface area contributed by atoms with Crippen LogP contribution in [-0.2, 0) is 4.74 Å². The summed E-state index contributed by atoms with van der Waals surface area (Å²) in [5.41, 5.74) is 0. The summed E-state index contributed by atoms with van der Waals surface area (Å²) in [6.07, 6.45) is 0.623. The molecule has 0 amide bonds. The molecule has 0 saturated carbocycles. The van der Waals surface area contributed by atoms with Gasteiger partial charge in [0.05, 0.1) is 0 Å². The van der Waals surface area contributed by atoms with Crippen molar-refractivity contribution < 1.29 is 9.84 Å². The van der Waals surface area contributed by atoms with E-state index in [2.05, 4.69) is 12.1 Å². The Balaban J connectivity index is 2.71. The van der Waals surface area contributed by atoms with E-state index < -0.39 is 0 Å². The molecule has 0 fully saturated rings. The van der Waals surface area contributed by atoms with Gasteiger partial charge in [0, 0.05) is 0 Å². The van der Waals surface area contributed by atoms with Crippen molar-refractivity contribution in [3.05, 3.63) is 30.3 Å². The fraction of sp³-hybridized carbons (Fsp3) is 0.538. The SMILES string of the molecule is CC[C@@H](O)[C@@H]([Se]c1ccccc1)[C@H](C)OC. The van der Waals surface area contributed by atoms with Crippen molar-refractivity contribution in [1.29, 1.82) is 0 Å². The monoisotopic (exact) mass is 288 g/mol. The van der Waals surface area contributed by atoms with Crippen LogP contribution in [-0.4, -0.2) is 39.4 Å². The fourth-order valence-corrected chi connectivity index (χ4v) is 4.20. The number of benzene rings is 1. The van der Waals surface area contributed by atoms with E-state index in [1.54, 1.807) is 7.11 Å². The third-order valence-corrected chi connectivity index (χ3v) is 5.82. The molecule has 1 aromatic carbocycles. The molecule has 0 aromatic heterocycles. The molecule has 3 atom stereocenters. The number of ether oxygens (including phenoxy) is 1. The molecule has 0 spiro atoms. The molecule has 2 nitrogen and oxygen atoms in total. The maximum absolute atomic E-state index is 10.0. The zero-order valence-corrected chi connectivity index (χ0v) is 11.8. The zero-order valence-electron chi connectivity index (χ0n) is 10.1. The number of aliphatic hydroxyl groups is 1. The van der Waals surface area contributed by atoms with Gasteiger partial charge in [-0.2, -0.15) is 0 Å². The Morgan fingerprint density at radius 2 is 1.94 bits per heavy atom. The quantitative estimate of drug-likeness (QED) is 0.806. The molecule has 3 heteroatoms. The summed E-state index contributed by atoms with van der Waals surface area (Å²) in [7, 11) is 1.71. The second-order valence-corrected chi connectivity index (χ2v) is 6.44. The van der Waals surface area contributed by atoms with Crippen LogP contribution in [0.5, 0.6) is 0 Å². The molecular weight excluding hydrogens is 267 g/mol. The Kier molecular flexibility index (Phi) is 6.07. The predicted octanol–water partition coefficient (Wildman–Crippen LogP) is 1.61. The molecule has 0 aliphatic heterocycles. The van der Waals surface area contributed by atoms with Gasteiger partial charge in [0.1, 0.15) is 0 Å². The number of hydrogen-bond donors (Lipinski definition) is 1. The summed E-state index contributed by atoms with van der Waals surface area (Å²) < 4.78 is 6.68. The molecule has 1 rings (SSSR count). The number of hydrogen-bond acceptors (Lipinski definition) is 2. The zero-order chi connectivity index (χ0) is 12.0. The van der Waals surface area contributed by atoms with Crippen LogP contribution in [0, 0.1) is 0 Å². The number of methoxy groups -OCH3 is 1. The van der Waals surface area contributed by atoms with Gasteiger partial charge in [-0.15, -0.1) is 0 Å². The Labute approximate surface area is 104 Å². The van der Waals surface area contributed by atoms with Crippen LogP contribution in [0.3, 0.4) is 0 Å². The van der Waals surface area contributed by atoms with Gasteiger partial charge in [0.2, 0.25) is 0 Å². The third-order valence-electron chi connectivity index (χ3n) is 2.65. The van der Waals surface area contributed by atoms with Crippen molar-refractivity contribution in [3.8, 4) is 0 Å². The van der Waals surface area contributed by atoms with Crippen LogP contribution in [0.1, 0.15) is 20.3 Å². The summed E-state index contributed by atoms with van der Waals surface area (Å²) >= 11 is 0.256. The van der Waals surface area contributed by atoms with Gasteiger partial charge in [-0.25, -0.2) is 0 Å². The van der Waals surface area contributed by atoms with Gasteiger partial charge in [-0.05, 0) is 0 Å². The van der Waals surface area contributed by atoms with Crippen molar-refractivity contribution in [2.45, 2.75) is 37.3 Å². The number of rotatable bonds is 6. The summed E-state index contributed by atoms with van der Waals surface area (Å²) in [6.45, 7) is 4.05. The Bertz CT molecular complexity index is 279. The van der Waals surface area contributed by atoms with Crippen LogP contribution >= 0.6 is 0 Å². The molecule has 0 aliphatic carbocycles. The average molecular weight is 287 g/mol. The van der Waals surface area contributed by atoms with Gasteiger partial charge in [0.25, 0.3) is 0 Å². The maximum atomic E-state index is 10.0. The van der Waals surface area contributed by atoms with Crippen LogP contribution in [0.15, 0.2) is 30.3 Å². The van der Waals surface area contributed by atoms with E-state index in [9.17, 15) is 5.11 Å². The first-order valence-electron chi connectivity index (χ1n) is 5.61. The molecule has 0 saturated heterocycles. The van der Waals surface area contributed by atoms with Crippen LogP contribution in [0.2, 0.25) is 4.82 Å². The molecule has 0 radical (unpaired) electrons. The second-order valence-electron chi connectivity index (χ2n) is 3.81. The van der Waals surface area contributed by atoms with Gasteiger partial charge < -0.3 is 0 Å². The topological polar surface area (TPSA) is 29.5 Å². The molecule has 16 heavy (non-hydrogen) atoms. The van der Waals surface area contributed by atoms with E-state index in [-0.39, 0.29) is 32.0 Å². The Morgan fingerprint density at radius 1 is 1.31 bits per heavy atom. The predicted molar refractivity (Wildman–Crippen MR) is 68.3 cm³/mol. The van der Waals surface area contributed by atoms with Gasteiger partial charge in [-0.1, -0.05) is 0 Å². The second kappa shape index (κ2) is 7.08. The summed E-state index contributed by atoms with van der Waals surface area (Å²) in [6, 6.07) is 10.4. The van der Waals surface area contributed by atoms with Gasteiger partial charge in [0.15, 0.2) is 0 Å². The summed E-state index contributed by atoms with van der Waals surface area (Å²) in [4.78, 5) is 0.227. The number of aliphatic hydroxyl groups excluding tert-OH is 1. The molecule has 1 aromatic rings. The van der Waals surface area contributed by atoms with E-state index in [1.807, 2.05) is 32.0 Å². The minimum atomic E-state index is -0.268. The van der Waals surface area contributed by atoms with E-state index >= 15 is 0 Å². The van der Waals surface area contributed by atoms with E-state index in [4.69, 9.17) is 4.74 Å².